The van der Waals surface area contributed by atoms with Crippen LogP contribution in [0.2, 0.25) is 0 Å². The van der Waals surface area contributed by atoms with Crippen molar-refractivity contribution >= 4 is 11.9 Å². The van der Waals surface area contributed by atoms with Gasteiger partial charge in [-0.25, -0.2) is 0 Å². The number of amides is 1. The first-order chi connectivity index (χ1) is 8.92. The molecule has 102 valence electrons. The van der Waals surface area contributed by atoms with Gasteiger partial charge in [-0.2, -0.15) is 10.2 Å². The molecule has 1 amide bonds. The van der Waals surface area contributed by atoms with E-state index >= 15 is 0 Å². The summed E-state index contributed by atoms with van der Waals surface area (Å²) in [4.78, 5) is 23.1. The van der Waals surface area contributed by atoms with Crippen molar-refractivity contribution in [3.63, 3.8) is 0 Å². The summed E-state index contributed by atoms with van der Waals surface area (Å²) in [7, 11) is 0. The molecular formula is C13H17N3O3. The zero-order valence-electron chi connectivity index (χ0n) is 11.1. The van der Waals surface area contributed by atoms with Crippen molar-refractivity contribution in [3.05, 3.63) is 23.0 Å². The molecule has 2 N–H and O–H groups in total. The van der Waals surface area contributed by atoms with E-state index < -0.39 is 11.5 Å². The van der Waals surface area contributed by atoms with E-state index in [4.69, 9.17) is 5.11 Å². The van der Waals surface area contributed by atoms with E-state index in [1.54, 1.807) is 19.9 Å². The Labute approximate surface area is 111 Å². The number of carbonyl (C=O) groups is 2. The third-order valence-corrected chi connectivity index (χ3v) is 3.52. The van der Waals surface area contributed by atoms with E-state index in [9.17, 15) is 9.59 Å². The standard InChI is InChI=1S/C13H17N3O3/c1-8-6-10(9(2)16-15-8)12(19)14-13(4-3-5-13)7-11(17)18/h6H,3-5,7H2,1-2H3,(H,14,19)(H,17,18). The minimum atomic E-state index is -0.888. The maximum atomic E-state index is 12.2. The van der Waals surface area contributed by atoms with Gasteiger partial charge in [-0.15, -0.1) is 0 Å². The van der Waals surface area contributed by atoms with Crippen LogP contribution in [0.15, 0.2) is 6.07 Å². The predicted molar refractivity (Wildman–Crippen MR) is 67.8 cm³/mol. The van der Waals surface area contributed by atoms with Crippen LogP contribution in [0, 0.1) is 13.8 Å². The topological polar surface area (TPSA) is 92.2 Å². The molecule has 1 heterocycles. The molecule has 1 aliphatic rings. The fraction of sp³-hybridized carbons (Fsp3) is 0.538. The van der Waals surface area contributed by atoms with Gasteiger partial charge >= 0.3 is 5.97 Å². The summed E-state index contributed by atoms with van der Waals surface area (Å²) >= 11 is 0. The van der Waals surface area contributed by atoms with Gasteiger partial charge in [0.2, 0.25) is 0 Å². The van der Waals surface area contributed by atoms with Gasteiger partial charge in [0.25, 0.3) is 5.91 Å². The number of aromatic nitrogens is 2. The number of rotatable bonds is 4. The largest absolute Gasteiger partial charge is 0.481 e. The highest BCUT2D eigenvalue weighted by Crippen LogP contribution is 2.35. The second-order valence-corrected chi connectivity index (χ2v) is 5.14. The smallest absolute Gasteiger partial charge is 0.305 e. The number of hydrogen-bond acceptors (Lipinski definition) is 4. The van der Waals surface area contributed by atoms with Crippen LogP contribution in [0.25, 0.3) is 0 Å². The lowest BCUT2D eigenvalue weighted by molar-refractivity contribution is -0.139. The van der Waals surface area contributed by atoms with Crippen molar-refractivity contribution in [2.45, 2.75) is 45.1 Å². The van der Waals surface area contributed by atoms with Crippen molar-refractivity contribution < 1.29 is 14.7 Å². The van der Waals surface area contributed by atoms with Crippen LogP contribution >= 0.6 is 0 Å². The maximum absolute atomic E-state index is 12.2. The van der Waals surface area contributed by atoms with Crippen LogP contribution in [0.1, 0.15) is 47.4 Å². The minimum absolute atomic E-state index is 0.0325. The van der Waals surface area contributed by atoms with E-state index in [2.05, 4.69) is 15.5 Å². The average Bonchev–Trinajstić information content (AvgIpc) is 2.28. The van der Waals surface area contributed by atoms with E-state index in [0.29, 0.717) is 29.8 Å². The molecule has 2 rings (SSSR count). The Morgan fingerprint density at radius 3 is 2.58 bits per heavy atom. The molecule has 0 spiro atoms. The molecule has 0 bridgehead atoms. The van der Waals surface area contributed by atoms with Gasteiger partial charge in [0.05, 0.1) is 28.9 Å². The molecule has 1 aromatic heterocycles. The van der Waals surface area contributed by atoms with Gasteiger partial charge < -0.3 is 10.4 Å². The Balaban J connectivity index is 2.16. The van der Waals surface area contributed by atoms with Crippen molar-refractivity contribution in [3.8, 4) is 0 Å². The van der Waals surface area contributed by atoms with Crippen molar-refractivity contribution in [1.29, 1.82) is 0 Å². The normalized spacial score (nSPS) is 16.5. The number of hydrogen-bond donors (Lipinski definition) is 2. The second kappa shape index (κ2) is 4.95. The lowest BCUT2D eigenvalue weighted by Crippen LogP contribution is -2.54. The Bertz CT molecular complexity index is 524. The molecule has 0 unspecified atom stereocenters. The van der Waals surface area contributed by atoms with Crippen LogP contribution in [0.4, 0.5) is 0 Å². The lowest BCUT2D eigenvalue weighted by atomic mass is 9.74. The average molecular weight is 263 g/mol. The van der Waals surface area contributed by atoms with E-state index in [-0.39, 0.29) is 12.3 Å². The Hall–Kier alpha value is -1.98. The summed E-state index contributed by atoms with van der Waals surface area (Å²) in [6, 6.07) is 1.67. The molecule has 1 saturated carbocycles. The molecule has 0 saturated heterocycles. The van der Waals surface area contributed by atoms with Gasteiger partial charge in [0.1, 0.15) is 0 Å². The SMILES string of the molecule is Cc1cc(C(=O)NC2(CC(=O)O)CCC2)c(C)nn1. The van der Waals surface area contributed by atoms with E-state index in [0.717, 1.165) is 6.42 Å². The molecule has 0 aliphatic heterocycles. The number of aliphatic carboxylic acids is 1. The zero-order chi connectivity index (χ0) is 14.0. The summed E-state index contributed by atoms with van der Waals surface area (Å²) in [6.07, 6.45) is 2.33. The number of nitrogens with one attached hydrogen (secondary N) is 1. The van der Waals surface area contributed by atoms with Gasteiger partial charge in [0, 0.05) is 0 Å². The third-order valence-electron chi connectivity index (χ3n) is 3.52. The molecule has 0 radical (unpaired) electrons. The Morgan fingerprint density at radius 2 is 2.05 bits per heavy atom. The van der Waals surface area contributed by atoms with Gasteiger partial charge in [0.15, 0.2) is 0 Å². The summed E-state index contributed by atoms with van der Waals surface area (Å²) in [5.41, 5.74) is 1.08. The number of carboxylic acids is 1. The first kappa shape index (κ1) is 13.5. The maximum Gasteiger partial charge on any atom is 0.305 e. The highest BCUT2D eigenvalue weighted by Gasteiger charge is 2.40. The van der Waals surface area contributed by atoms with Crippen molar-refractivity contribution in [2.75, 3.05) is 0 Å². The Kier molecular flexibility index (Phi) is 3.50. The zero-order valence-corrected chi connectivity index (χ0v) is 11.1. The van der Waals surface area contributed by atoms with Crippen LogP contribution < -0.4 is 5.32 Å². The number of aryl methyl sites for hydroxylation is 2. The van der Waals surface area contributed by atoms with Gasteiger partial charge in [-0.1, -0.05) is 0 Å². The van der Waals surface area contributed by atoms with E-state index in [1.807, 2.05) is 0 Å². The highest BCUT2D eigenvalue weighted by molar-refractivity contribution is 5.96. The molecule has 1 fully saturated rings. The number of carbonyl (C=O) groups excluding carboxylic acids is 1. The minimum Gasteiger partial charge on any atom is -0.481 e. The molecule has 6 heteroatoms. The fourth-order valence-corrected chi connectivity index (χ4v) is 2.33. The first-order valence-electron chi connectivity index (χ1n) is 6.27. The molecule has 1 aliphatic carbocycles. The Morgan fingerprint density at radius 1 is 1.37 bits per heavy atom. The fourth-order valence-electron chi connectivity index (χ4n) is 2.33. The third kappa shape index (κ3) is 2.89. The molecular weight excluding hydrogens is 246 g/mol. The van der Waals surface area contributed by atoms with Gasteiger partial charge in [-0.3, -0.25) is 9.59 Å². The molecule has 19 heavy (non-hydrogen) atoms. The quantitative estimate of drug-likeness (QED) is 0.852. The number of carboxylic acid groups (broad SMARTS) is 1. The first-order valence-corrected chi connectivity index (χ1v) is 6.27. The van der Waals surface area contributed by atoms with Crippen LogP contribution in [-0.2, 0) is 4.79 Å². The van der Waals surface area contributed by atoms with Crippen LogP contribution in [0.5, 0.6) is 0 Å². The molecule has 1 aromatic rings. The molecule has 0 aromatic carbocycles. The number of nitrogens with zero attached hydrogens (tertiary/aromatic N) is 2. The summed E-state index contributed by atoms with van der Waals surface area (Å²) in [5.74, 6) is -1.16. The summed E-state index contributed by atoms with van der Waals surface area (Å²) < 4.78 is 0. The van der Waals surface area contributed by atoms with Crippen molar-refractivity contribution in [2.24, 2.45) is 0 Å². The summed E-state index contributed by atoms with van der Waals surface area (Å²) in [5, 5.41) is 19.6. The summed E-state index contributed by atoms with van der Waals surface area (Å²) in [6.45, 7) is 3.48. The predicted octanol–water partition coefficient (Wildman–Crippen LogP) is 1.22. The second-order valence-electron chi connectivity index (χ2n) is 5.14. The monoisotopic (exact) mass is 263 g/mol. The molecule has 0 atom stereocenters. The highest BCUT2D eigenvalue weighted by atomic mass is 16.4. The van der Waals surface area contributed by atoms with Crippen LogP contribution in [-0.4, -0.2) is 32.7 Å². The van der Waals surface area contributed by atoms with Crippen LogP contribution in [0.3, 0.4) is 0 Å². The van der Waals surface area contributed by atoms with Gasteiger partial charge in [-0.05, 0) is 39.2 Å². The van der Waals surface area contributed by atoms with Crippen molar-refractivity contribution in [1.82, 2.24) is 15.5 Å². The lowest BCUT2D eigenvalue weighted by Gasteiger charge is -2.41. The van der Waals surface area contributed by atoms with E-state index in [1.165, 1.54) is 0 Å². The molecule has 6 nitrogen and oxygen atoms in total.